The Balaban J connectivity index is 1.84. The van der Waals surface area contributed by atoms with Gasteiger partial charge >= 0.3 is 0 Å². The largest absolute Gasteiger partial charge is 0.140 e. The molecule has 0 aliphatic carbocycles. The zero-order chi connectivity index (χ0) is 35.7. The van der Waals surface area contributed by atoms with E-state index in [2.05, 4.69) is 115 Å². The second-order valence-corrected chi connectivity index (χ2v) is 27.1. The highest BCUT2D eigenvalue weighted by atomic mass is 32.1. The fraction of sp³-hybridized carbons (Fsp3) is 0.522. The highest BCUT2D eigenvalue weighted by Gasteiger charge is 2.26. The molecule has 0 saturated carbocycles. The standard InChI is InChI=1S/C46H62S2Si2/c1-9-17-19-21-23-37-29-35-31-41-39(25-27-49(11-3,12-4)13-5)44-34-46-36(30-38(48-46)24-22-20-18-10-2)32-42(44)40(43(41)33-45(35)47-37)26-28-50(14-6,15-7)16-8/h29-34H,9-24H2,1-8H3. The van der Waals surface area contributed by atoms with Gasteiger partial charge in [0.05, 0.1) is 0 Å². The summed E-state index contributed by atoms with van der Waals surface area (Å²) in [7, 11) is -3.33. The van der Waals surface area contributed by atoms with Crippen molar-refractivity contribution in [3.05, 3.63) is 57.3 Å². The summed E-state index contributed by atoms with van der Waals surface area (Å²) in [5, 5.41) is 8.03. The molecule has 4 heteroatoms. The first-order valence-corrected chi connectivity index (χ1v) is 27.1. The van der Waals surface area contributed by atoms with Gasteiger partial charge in [0.15, 0.2) is 0 Å². The van der Waals surface area contributed by atoms with E-state index in [1.807, 2.05) is 22.7 Å². The van der Waals surface area contributed by atoms with Gasteiger partial charge in [-0.1, -0.05) is 106 Å². The molecule has 0 bridgehead atoms. The number of unbranched alkanes of at least 4 members (excludes halogenated alkanes) is 6. The average molecular weight is 735 g/mol. The number of thiophene rings is 2. The van der Waals surface area contributed by atoms with E-state index in [1.54, 1.807) is 0 Å². The Hall–Kier alpha value is -2.35. The third kappa shape index (κ3) is 8.47. The molecular formula is C46H62S2Si2. The van der Waals surface area contributed by atoms with Crippen molar-refractivity contribution in [1.82, 2.24) is 0 Å². The van der Waals surface area contributed by atoms with Crippen LogP contribution in [0.1, 0.15) is 128 Å². The Morgan fingerprint density at radius 1 is 0.440 bits per heavy atom. The summed E-state index contributed by atoms with van der Waals surface area (Å²) in [5.41, 5.74) is 10.6. The summed E-state index contributed by atoms with van der Waals surface area (Å²) in [5.74, 6) is 7.95. The van der Waals surface area contributed by atoms with Gasteiger partial charge in [-0.15, -0.1) is 33.8 Å². The van der Waals surface area contributed by atoms with Crippen molar-refractivity contribution >= 4 is 80.5 Å². The lowest BCUT2D eigenvalue weighted by Crippen LogP contribution is -2.29. The molecule has 266 valence electrons. The maximum absolute atomic E-state index is 4.04. The average Bonchev–Trinajstić information content (AvgIpc) is 3.74. The number of aryl methyl sites for hydroxylation is 2. The SMILES string of the molecule is CCCCCCc1cc2cc3c(C#C[Si](CC)(CC)CC)c4cc5sc(CCCCCC)cc5cc4c(C#C[Si](CC)(CC)CC)c3cc2s1. The van der Waals surface area contributed by atoms with Gasteiger partial charge in [-0.2, -0.15) is 0 Å². The van der Waals surface area contributed by atoms with Crippen LogP contribution >= 0.6 is 22.7 Å². The number of benzene rings is 3. The molecule has 0 saturated heterocycles. The van der Waals surface area contributed by atoms with Crippen molar-refractivity contribution in [2.45, 2.75) is 156 Å². The zero-order valence-corrected chi connectivity index (χ0v) is 36.2. The van der Waals surface area contributed by atoms with E-state index in [0.717, 1.165) is 0 Å². The van der Waals surface area contributed by atoms with Crippen LogP contribution in [0.4, 0.5) is 0 Å². The second kappa shape index (κ2) is 17.9. The Bertz CT molecular complexity index is 1770. The van der Waals surface area contributed by atoms with Crippen LogP contribution in [-0.4, -0.2) is 16.1 Å². The van der Waals surface area contributed by atoms with Crippen molar-refractivity contribution in [2.24, 2.45) is 0 Å². The van der Waals surface area contributed by atoms with Crippen LogP contribution in [0, 0.1) is 22.9 Å². The van der Waals surface area contributed by atoms with Gasteiger partial charge in [-0.25, -0.2) is 0 Å². The van der Waals surface area contributed by atoms with E-state index in [9.17, 15) is 0 Å². The van der Waals surface area contributed by atoms with Crippen molar-refractivity contribution in [2.75, 3.05) is 0 Å². The molecule has 0 N–H and O–H groups in total. The molecular weight excluding hydrogens is 673 g/mol. The fourth-order valence-corrected chi connectivity index (χ4v) is 14.9. The van der Waals surface area contributed by atoms with Gasteiger partial charge in [0.1, 0.15) is 16.1 Å². The first-order valence-electron chi connectivity index (χ1n) is 20.3. The van der Waals surface area contributed by atoms with E-state index < -0.39 is 16.1 Å². The molecule has 5 rings (SSSR count). The highest BCUT2D eigenvalue weighted by molar-refractivity contribution is 7.19. The van der Waals surface area contributed by atoms with E-state index >= 15 is 0 Å². The third-order valence-corrected chi connectivity index (χ3v) is 23.8. The topological polar surface area (TPSA) is 0 Å². The van der Waals surface area contributed by atoms with E-state index in [0.29, 0.717) is 0 Å². The fourth-order valence-electron chi connectivity index (χ4n) is 7.79. The van der Waals surface area contributed by atoms with Crippen molar-refractivity contribution in [1.29, 1.82) is 0 Å². The van der Waals surface area contributed by atoms with Crippen LogP contribution in [0.25, 0.3) is 41.7 Å². The quantitative estimate of drug-likeness (QED) is 0.0410. The minimum Gasteiger partial charge on any atom is -0.140 e. The molecule has 0 radical (unpaired) electrons. The summed E-state index contributed by atoms with van der Waals surface area (Å²) >= 11 is 4.01. The highest BCUT2D eigenvalue weighted by Crippen LogP contribution is 2.41. The van der Waals surface area contributed by atoms with Gasteiger partial charge in [0, 0.05) is 41.1 Å². The summed E-state index contributed by atoms with van der Waals surface area (Å²) in [6.45, 7) is 18.9. The summed E-state index contributed by atoms with van der Waals surface area (Å²) < 4.78 is 2.80. The van der Waals surface area contributed by atoms with Gasteiger partial charge in [0.25, 0.3) is 0 Å². The first kappa shape index (κ1) is 38.9. The number of hydrogen-bond acceptors (Lipinski definition) is 2. The van der Waals surface area contributed by atoms with Crippen LogP contribution < -0.4 is 0 Å². The Labute approximate surface area is 314 Å². The van der Waals surface area contributed by atoms with Gasteiger partial charge in [-0.05, 0) is 120 Å². The lowest BCUT2D eigenvalue weighted by atomic mass is 9.91. The van der Waals surface area contributed by atoms with Crippen LogP contribution in [-0.2, 0) is 12.8 Å². The molecule has 5 aromatic rings. The third-order valence-electron chi connectivity index (χ3n) is 12.0. The molecule has 0 fully saturated rings. The van der Waals surface area contributed by atoms with Crippen molar-refractivity contribution in [3.63, 3.8) is 0 Å². The predicted molar refractivity (Wildman–Crippen MR) is 236 cm³/mol. The summed E-state index contributed by atoms with van der Waals surface area (Å²) in [6, 6.07) is 22.3. The molecule has 3 aromatic carbocycles. The molecule has 0 aliphatic rings. The Kier molecular flexibility index (Phi) is 13.9. The normalized spacial score (nSPS) is 12.2. The maximum atomic E-state index is 4.04. The Morgan fingerprint density at radius 2 is 0.800 bits per heavy atom. The molecule has 50 heavy (non-hydrogen) atoms. The Morgan fingerprint density at radius 3 is 1.14 bits per heavy atom. The van der Waals surface area contributed by atoms with Crippen molar-refractivity contribution < 1.29 is 0 Å². The van der Waals surface area contributed by atoms with Crippen LogP contribution in [0.2, 0.25) is 36.3 Å². The second-order valence-electron chi connectivity index (χ2n) is 14.8. The van der Waals surface area contributed by atoms with Gasteiger partial charge in [0.2, 0.25) is 0 Å². The zero-order valence-electron chi connectivity index (χ0n) is 32.6. The molecule has 2 aromatic heterocycles. The number of rotatable bonds is 16. The molecule has 0 atom stereocenters. The maximum Gasteiger partial charge on any atom is 0.138 e. The van der Waals surface area contributed by atoms with E-state index in [1.165, 1.54) is 163 Å². The predicted octanol–water partition coefficient (Wildman–Crippen LogP) is 15.5. The summed E-state index contributed by atoms with van der Waals surface area (Å²) in [6.07, 6.45) is 12.8. The van der Waals surface area contributed by atoms with Crippen LogP contribution in [0.3, 0.4) is 0 Å². The lowest BCUT2D eigenvalue weighted by molar-refractivity contribution is 0.670. The smallest absolute Gasteiger partial charge is 0.138 e. The molecule has 0 amide bonds. The minimum atomic E-state index is -1.67. The molecule has 0 nitrogen and oxygen atoms in total. The number of fused-ring (bicyclic) bond motifs is 4. The minimum absolute atomic E-state index is 1.18. The lowest BCUT2D eigenvalue weighted by Gasteiger charge is -2.21. The van der Waals surface area contributed by atoms with E-state index in [-0.39, 0.29) is 0 Å². The number of hydrogen-bond donors (Lipinski definition) is 0. The molecule has 2 heterocycles. The van der Waals surface area contributed by atoms with Crippen LogP contribution in [0.5, 0.6) is 0 Å². The van der Waals surface area contributed by atoms with E-state index in [4.69, 9.17) is 0 Å². The first-order chi connectivity index (χ1) is 24.3. The monoisotopic (exact) mass is 734 g/mol. The molecule has 0 unspecified atom stereocenters. The molecule has 0 aliphatic heterocycles. The summed E-state index contributed by atoms with van der Waals surface area (Å²) in [4.78, 5) is 3.04. The van der Waals surface area contributed by atoms with Crippen LogP contribution in [0.15, 0.2) is 36.4 Å². The van der Waals surface area contributed by atoms with Crippen molar-refractivity contribution in [3.8, 4) is 22.9 Å². The van der Waals surface area contributed by atoms with Gasteiger partial charge < -0.3 is 0 Å². The van der Waals surface area contributed by atoms with Gasteiger partial charge in [-0.3, -0.25) is 0 Å². The molecule has 0 spiro atoms.